The standard InChI is InChI=1S/C23H24N2O4S2/c1-16-5-4-6-20(13-16)25-31(28,29)22-14-19(10-7-17(22)2)23(26)24-15-18-8-11-21(12-9-18)30(3)27/h4-14,25H,15H2,1-3H3,(H,24,26). The number of aryl methyl sites for hydroxylation is 2. The van der Waals surface area contributed by atoms with E-state index in [0.717, 1.165) is 11.1 Å². The molecular formula is C23H24N2O4S2. The van der Waals surface area contributed by atoms with Crippen molar-refractivity contribution >= 4 is 32.4 Å². The van der Waals surface area contributed by atoms with Gasteiger partial charge < -0.3 is 5.32 Å². The summed E-state index contributed by atoms with van der Waals surface area (Å²) in [6, 6.07) is 18.8. The molecule has 0 radical (unpaired) electrons. The molecule has 0 aliphatic rings. The topological polar surface area (TPSA) is 92.3 Å². The van der Waals surface area contributed by atoms with Gasteiger partial charge in [0.2, 0.25) is 0 Å². The Hall–Kier alpha value is -2.97. The first kappa shape index (κ1) is 22.7. The van der Waals surface area contributed by atoms with Crippen LogP contribution in [0.15, 0.2) is 76.5 Å². The highest BCUT2D eigenvalue weighted by Crippen LogP contribution is 2.21. The fourth-order valence-electron chi connectivity index (χ4n) is 3.03. The molecule has 0 saturated carbocycles. The summed E-state index contributed by atoms with van der Waals surface area (Å²) in [5.41, 5.74) is 3.04. The van der Waals surface area contributed by atoms with Crippen LogP contribution in [0.4, 0.5) is 5.69 Å². The second-order valence-electron chi connectivity index (χ2n) is 7.24. The highest BCUT2D eigenvalue weighted by atomic mass is 32.2. The van der Waals surface area contributed by atoms with Gasteiger partial charge in [0.25, 0.3) is 15.9 Å². The molecule has 0 fully saturated rings. The number of rotatable bonds is 7. The molecule has 3 aromatic carbocycles. The van der Waals surface area contributed by atoms with E-state index in [1.165, 1.54) is 6.07 Å². The first-order chi connectivity index (χ1) is 14.7. The molecule has 1 atom stereocenters. The molecule has 1 unspecified atom stereocenters. The van der Waals surface area contributed by atoms with Crippen molar-refractivity contribution in [3.63, 3.8) is 0 Å². The van der Waals surface area contributed by atoms with Gasteiger partial charge in [-0.2, -0.15) is 0 Å². The maximum absolute atomic E-state index is 12.9. The Kier molecular flexibility index (Phi) is 6.92. The third kappa shape index (κ3) is 5.80. The van der Waals surface area contributed by atoms with E-state index >= 15 is 0 Å². The van der Waals surface area contributed by atoms with Gasteiger partial charge >= 0.3 is 0 Å². The van der Waals surface area contributed by atoms with Gasteiger partial charge in [-0.1, -0.05) is 30.3 Å². The quantitative estimate of drug-likeness (QED) is 0.566. The van der Waals surface area contributed by atoms with Crippen molar-refractivity contribution in [2.24, 2.45) is 0 Å². The van der Waals surface area contributed by atoms with Gasteiger partial charge in [-0.05, 0) is 66.9 Å². The van der Waals surface area contributed by atoms with E-state index in [4.69, 9.17) is 0 Å². The molecule has 0 spiro atoms. The van der Waals surface area contributed by atoms with Gasteiger partial charge in [-0.15, -0.1) is 0 Å². The van der Waals surface area contributed by atoms with Crippen molar-refractivity contribution < 1.29 is 17.4 Å². The molecule has 1 amide bonds. The zero-order chi connectivity index (χ0) is 22.6. The highest BCUT2D eigenvalue weighted by Gasteiger charge is 2.19. The minimum absolute atomic E-state index is 0.0523. The van der Waals surface area contributed by atoms with Crippen molar-refractivity contribution in [1.82, 2.24) is 5.32 Å². The summed E-state index contributed by atoms with van der Waals surface area (Å²) in [6.45, 7) is 3.84. The SMILES string of the molecule is Cc1cccc(NS(=O)(=O)c2cc(C(=O)NCc3ccc(S(C)=O)cc3)ccc2C)c1. The summed E-state index contributed by atoms with van der Waals surface area (Å²) < 4.78 is 39.9. The second-order valence-corrected chi connectivity index (χ2v) is 10.3. The lowest BCUT2D eigenvalue weighted by molar-refractivity contribution is 0.0950. The van der Waals surface area contributed by atoms with Crippen LogP contribution in [0.25, 0.3) is 0 Å². The first-order valence-electron chi connectivity index (χ1n) is 9.56. The van der Waals surface area contributed by atoms with Gasteiger partial charge in [0.15, 0.2) is 0 Å². The van der Waals surface area contributed by atoms with E-state index < -0.39 is 20.8 Å². The minimum Gasteiger partial charge on any atom is -0.348 e. The minimum atomic E-state index is -3.86. The number of benzene rings is 3. The Morgan fingerprint density at radius 3 is 2.32 bits per heavy atom. The van der Waals surface area contributed by atoms with Gasteiger partial charge in [0.1, 0.15) is 0 Å². The predicted molar refractivity (Wildman–Crippen MR) is 123 cm³/mol. The Labute approximate surface area is 185 Å². The first-order valence-corrected chi connectivity index (χ1v) is 12.6. The molecule has 3 aromatic rings. The fraction of sp³-hybridized carbons (Fsp3) is 0.174. The number of carbonyl (C=O) groups excluding carboxylic acids is 1. The third-order valence-electron chi connectivity index (χ3n) is 4.72. The molecule has 162 valence electrons. The van der Waals surface area contributed by atoms with Crippen LogP contribution in [0.5, 0.6) is 0 Å². The zero-order valence-corrected chi connectivity index (χ0v) is 19.1. The lowest BCUT2D eigenvalue weighted by Crippen LogP contribution is -2.23. The number of amides is 1. The summed E-state index contributed by atoms with van der Waals surface area (Å²) in [5.74, 6) is -0.379. The van der Waals surface area contributed by atoms with E-state index in [1.807, 2.05) is 13.0 Å². The van der Waals surface area contributed by atoms with E-state index in [0.29, 0.717) is 16.1 Å². The molecular weight excluding hydrogens is 432 g/mol. The molecule has 0 aliphatic heterocycles. The second kappa shape index (κ2) is 9.45. The van der Waals surface area contributed by atoms with Gasteiger partial charge in [-0.3, -0.25) is 13.7 Å². The monoisotopic (exact) mass is 456 g/mol. The summed E-state index contributed by atoms with van der Waals surface area (Å²) >= 11 is 0. The van der Waals surface area contributed by atoms with E-state index in [9.17, 15) is 17.4 Å². The van der Waals surface area contributed by atoms with Crippen LogP contribution >= 0.6 is 0 Å². The molecule has 3 rings (SSSR count). The van der Waals surface area contributed by atoms with Crippen LogP contribution < -0.4 is 10.0 Å². The van der Waals surface area contributed by atoms with Gasteiger partial charge in [0.05, 0.1) is 4.90 Å². The van der Waals surface area contributed by atoms with Crippen molar-refractivity contribution in [3.8, 4) is 0 Å². The maximum Gasteiger partial charge on any atom is 0.262 e. The van der Waals surface area contributed by atoms with Crippen LogP contribution in [-0.2, 0) is 27.4 Å². The predicted octanol–water partition coefficient (Wildman–Crippen LogP) is 3.77. The van der Waals surface area contributed by atoms with Crippen molar-refractivity contribution in [1.29, 1.82) is 0 Å². The molecule has 8 heteroatoms. The van der Waals surface area contributed by atoms with Crippen molar-refractivity contribution in [3.05, 3.63) is 89.0 Å². The molecule has 31 heavy (non-hydrogen) atoms. The highest BCUT2D eigenvalue weighted by molar-refractivity contribution is 7.92. The number of sulfonamides is 1. The van der Waals surface area contributed by atoms with Crippen LogP contribution in [0.3, 0.4) is 0 Å². The maximum atomic E-state index is 12.9. The van der Waals surface area contributed by atoms with Gasteiger partial charge in [0, 0.05) is 39.7 Å². The number of nitrogens with one attached hydrogen (secondary N) is 2. The summed E-state index contributed by atoms with van der Waals surface area (Å²) in [7, 11) is -4.92. The largest absolute Gasteiger partial charge is 0.348 e. The number of carbonyl (C=O) groups is 1. The van der Waals surface area contributed by atoms with Crippen LogP contribution in [-0.4, -0.2) is 24.8 Å². The van der Waals surface area contributed by atoms with E-state index in [-0.39, 0.29) is 22.9 Å². The molecule has 0 heterocycles. The Morgan fingerprint density at radius 1 is 0.968 bits per heavy atom. The van der Waals surface area contributed by atoms with Crippen LogP contribution in [0.1, 0.15) is 27.0 Å². The smallest absolute Gasteiger partial charge is 0.262 e. The lowest BCUT2D eigenvalue weighted by Gasteiger charge is -2.13. The molecule has 0 aliphatic carbocycles. The average molecular weight is 457 g/mol. The lowest BCUT2D eigenvalue weighted by atomic mass is 10.1. The number of hydrogen-bond donors (Lipinski definition) is 2. The molecule has 2 N–H and O–H groups in total. The van der Waals surface area contributed by atoms with E-state index in [1.54, 1.807) is 67.8 Å². The molecule has 0 bridgehead atoms. The Balaban J connectivity index is 1.76. The third-order valence-corrected chi connectivity index (χ3v) is 7.18. The Bertz CT molecular complexity index is 1240. The van der Waals surface area contributed by atoms with E-state index in [2.05, 4.69) is 10.0 Å². The summed E-state index contributed by atoms with van der Waals surface area (Å²) in [6.07, 6.45) is 1.60. The van der Waals surface area contributed by atoms with Crippen molar-refractivity contribution in [2.45, 2.75) is 30.2 Å². The normalized spacial score (nSPS) is 12.2. The fourth-order valence-corrected chi connectivity index (χ4v) is 4.87. The van der Waals surface area contributed by atoms with Crippen LogP contribution in [0, 0.1) is 13.8 Å². The average Bonchev–Trinajstić information content (AvgIpc) is 2.72. The Morgan fingerprint density at radius 2 is 1.68 bits per heavy atom. The molecule has 6 nitrogen and oxygen atoms in total. The summed E-state index contributed by atoms with van der Waals surface area (Å²) in [4.78, 5) is 13.4. The zero-order valence-electron chi connectivity index (χ0n) is 17.5. The number of anilines is 1. The number of hydrogen-bond acceptors (Lipinski definition) is 4. The molecule has 0 saturated heterocycles. The van der Waals surface area contributed by atoms with Crippen LogP contribution in [0.2, 0.25) is 0 Å². The molecule has 0 aromatic heterocycles. The summed E-state index contributed by atoms with van der Waals surface area (Å²) in [5, 5.41) is 2.79. The van der Waals surface area contributed by atoms with Crippen molar-refractivity contribution in [2.75, 3.05) is 11.0 Å². The van der Waals surface area contributed by atoms with Gasteiger partial charge in [-0.25, -0.2) is 8.42 Å².